The van der Waals surface area contributed by atoms with Crippen molar-refractivity contribution in [1.29, 1.82) is 0 Å². The zero-order valence-corrected chi connectivity index (χ0v) is 10.7. The number of carbonyl (C=O) groups is 1. The van der Waals surface area contributed by atoms with Crippen molar-refractivity contribution in [3.8, 4) is 11.3 Å². The molecule has 0 unspecified atom stereocenters. The Bertz CT molecular complexity index is 572. The van der Waals surface area contributed by atoms with Crippen LogP contribution in [0.25, 0.3) is 11.3 Å². The number of nitrogens with zero attached hydrogens (tertiary/aromatic N) is 2. The molecule has 0 amide bonds. The third kappa shape index (κ3) is 2.62. The minimum atomic E-state index is -1.12. The fourth-order valence-corrected chi connectivity index (χ4v) is 1.76. The largest absolute Gasteiger partial charge is 0.476 e. The lowest BCUT2D eigenvalue weighted by Crippen LogP contribution is -2.04. The van der Waals surface area contributed by atoms with E-state index < -0.39 is 5.97 Å². The van der Waals surface area contributed by atoms with E-state index >= 15 is 0 Å². The quantitative estimate of drug-likeness (QED) is 0.924. The molecule has 0 aliphatic heterocycles. The number of rotatable bonds is 2. The van der Waals surface area contributed by atoms with Gasteiger partial charge in [-0.25, -0.2) is 14.8 Å². The van der Waals surface area contributed by atoms with Crippen LogP contribution in [0.4, 0.5) is 0 Å². The number of carboxylic acids is 1. The van der Waals surface area contributed by atoms with Crippen LogP contribution < -0.4 is 0 Å². The summed E-state index contributed by atoms with van der Waals surface area (Å²) < 4.78 is 0.211. The Labute approximate surface area is 110 Å². The molecule has 0 atom stereocenters. The van der Waals surface area contributed by atoms with E-state index in [0.717, 1.165) is 5.56 Å². The molecule has 6 heteroatoms. The van der Waals surface area contributed by atoms with Gasteiger partial charge in [0.2, 0.25) is 0 Å². The minimum absolute atomic E-state index is 0.113. The Hall–Kier alpha value is -1.46. The second-order valence-electron chi connectivity index (χ2n) is 3.21. The highest BCUT2D eigenvalue weighted by Crippen LogP contribution is 2.21. The number of aromatic nitrogens is 2. The van der Waals surface area contributed by atoms with E-state index in [0.29, 0.717) is 10.7 Å². The summed E-state index contributed by atoms with van der Waals surface area (Å²) in [5.74, 6) is -1.12. The van der Waals surface area contributed by atoms with Gasteiger partial charge in [-0.3, -0.25) is 0 Å². The summed E-state index contributed by atoms with van der Waals surface area (Å²) in [6, 6.07) is 6.93. The Kier molecular flexibility index (Phi) is 3.40. The highest BCUT2D eigenvalue weighted by Gasteiger charge is 2.13. The number of hydrogen-bond donors (Lipinski definition) is 1. The second-order valence-corrected chi connectivity index (χ2v) is 4.39. The van der Waals surface area contributed by atoms with Crippen LogP contribution in [0, 0.1) is 0 Å². The normalized spacial score (nSPS) is 10.2. The number of halogens is 2. The minimum Gasteiger partial charge on any atom is -0.476 e. The predicted molar refractivity (Wildman–Crippen MR) is 67.1 cm³/mol. The molecule has 86 valence electrons. The van der Waals surface area contributed by atoms with Crippen molar-refractivity contribution in [2.24, 2.45) is 0 Å². The maximum atomic E-state index is 10.9. The van der Waals surface area contributed by atoms with Crippen molar-refractivity contribution in [3.05, 3.63) is 45.8 Å². The van der Waals surface area contributed by atoms with Gasteiger partial charge in [-0.15, -0.1) is 0 Å². The van der Waals surface area contributed by atoms with Gasteiger partial charge in [0.15, 0.2) is 5.69 Å². The molecule has 0 saturated carbocycles. The molecule has 0 fully saturated rings. The van der Waals surface area contributed by atoms with Gasteiger partial charge >= 0.3 is 5.97 Å². The Morgan fingerprint density at radius 3 is 2.53 bits per heavy atom. The number of aromatic carboxylic acids is 1. The number of hydrogen-bond acceptors (Lipinski definition) is 3. The van der Waals surface area contributed by atoms with Gasteiger partial charge in [0.05, 0.1) is 11.9 Å². The van der Waals surface area contributed by atoms with Gasteiger partial charge in [0, 0.05) is 10.6 Å². The number of carboxylic acid groups (broad SMARTS) is 1. The van der Waals surface area contributed by atoms with Crippen LogP contribution in [-0.2, 0) is 0 Å². The summed E-state index contributed by atoms with van der Waals surface area (Å²) in [5.41, 5.74) is 1.14. The molecule has 1 N–H and O–H groups in total. The lowest BCUT2D eigenvalue weighted by Gasteiger charge is -2.03. The first kappa shape index (κ1) is 12.0. The van der Waals surface area contributed by atoms with Crippen molar-refractivity contribution in [2.45, 2.75) is 0 Å². The van der Waals surface area contributed by atoms with E-state index in [4.69, 9.17) is 16.7 Å². The fourth-order valence-electron chi connectivity index (χ4n) is 1.27. The highest BCUT2D eigenvalue weighted by atomic mass is 79.9. The first-order valence-corrected chi connectivity index (χ1v) is 5.77. The molecule has 0 aliphatic rings. The second kappa shape index (κ2) is 4.81. The van der Waals surface area contributed by atoms with Crippen LogP contribution >= 0.6 is 27.5 Å². The SMILES string of the molecule is O=C(O)c1nc(-c2ccc(Cl)cc2)cnc1Br. The standard InChI is InChI=1S/C11H6BrClN2O2/c12-10-9(11(16)17)15-8(5-14-10)6-1-3-7(13)4-2-6/h1-5H,(H,16,17). The van der Waals surface area contributed by atoms with Gasteiger partial charge in [0.1, 0.15) is 4.60 Å². The van der Waals surface area contributed by atoms with Crippen molar-refractivity contribution in [1.82, 2.24) is 9.97 Å². The van der Waals surface area contributed by atoms with Gasteiger partial charge in [-0.05, 0) is 28.1 Å². The maximum Gasteiger partial charge on any atom is 0.357 e. The Morgan fingerprint density at radius 1 is 1.29 bits per heavy atom. The average Bonchev–Trinajstić information content (AvgIpc) is 2.30. The molecule has 0 radical (unpaired) electrons. The molecule has 0 bridgehead atoms. The highest BCUT2D eigenvalue weighted by molar-refractivity contribution is 9.10. The van der Waals surface area contributed by atoms with Crippen molar-refractivity contribution in [2.75, 3.05) is 0 Å². The van der Waals surface area contributed by atoms with E-state index in [1.165, 1.54) is 6.20 Å². The average molecular weight is 314 g/mol. The summed E-state index contributed by atoms with van der Waals surface area (Å²) in [7, 11) is 0. The lowest BCUT2D eigenvalue weighted by atomic mass is 10.1. The zero-order chi connectivity index (χ0) is 12.4. The summed E-state index contributed by atoms with van der Waals surface area (Å²) in [5, 5.41) is 9.54. The maximum absolute atomic E-state index is 10.9. The van der Waals surface area contributed by atoms with Crippen LogP contribution in [0.5, 0.6) is 0 Å². The summed E-state index contributed by atoms with van der Waals surface area (Å²) in [6.07, 6.45) is 1.50. The molecular formula is C11H6BrClN2O2. The van der Waals surface area contributed by atoms with E-state index in [-0.39, 0.29) is 10.3 Å². The molecule has 1 aromatic carbocycles. The van der Waals surface area contributed by atoms with Crippen molar-refractivity contribution in [3.63, 3.8) is 0 Å². The van der Waals surface area contributed by atoms with Crippen molar-refractivity contribution >= 4 is 33.5 Å². The first-order chi connectivity index (χ1) is 8.08. The number of benzene rings is 1. The monoisotopic (exact) mass is 312 g/mol. The molecule has 17 heavy (non-hydrogen) atoms. The van der Waals surface area contributed by atoms with E-state index in [2.05, 4.69) is 25.9 Å². The van der Waals surface area contributed by atoms with Crippen LogP contribution in [0.15, 0.2) is 35.1 Å². The fraction of sp³-hybridized carbons (Fsp3) is 0. The van der Waals surface area contributed by atoms with E-state index in [1.54, 1.807) is 24.3 Å². The van der Waals surface area contributed by atoms with Gasteiger partial charge < -0.3 is 5.11 Å². The lowest BCUT2D eigenvalue weighted by molar-refractivity contribution is 0.0689. The van der Waals surface area contributed by atoms with Gasteiger partial charge in [-0.2, -0.15) is 0 Å². The summed E-state index contributed by atoms with van der Waals surface area (Å²) >= 11 is 8.81. The molecule has 0 spiro atoms. The smallest absolute Gasteiger partial charge is 0.357 e. The Morgan fingerprint density at radius 2 is 1.94 bits per heavy atom. The first-order valence-electron chi connectivity index (χ1n) is 4.59. The zero-order valence-electron chi connectivity index (χ0n) is 8.39. The van der Waals surface area contributed by atoms with Gasteiger partial charge in [-0.1, -0.05) is 23.7 Å². The third-order valence-corrected chi connectivity index (χ3v) is 2.90. The van der Waals surface area contributed by atoms with Crippen LogP contribution in [0.1, 0.15) is 10.5 Å². The molecule has 2 rings (SSSR count). The van der Waals surface area contributed by atoms with Crippen molar-refractivity contribution < 1.29 is 9.90 Å². The van der Waals surface area contributed by atoms with Crippen LogP contribution in [0.2, 0.25) is 5.02 Å². The van der Waals surface area contributed by atoms with Crippen LogP contribution in [0.3, 0.4) is 0 Å². The summed E-state index contributed by atoms with van der Waals surface area (Å²) in [4.78, 5) is 18.9. The molecule has 0 saturated heterocycles. The van der Waals surface area contributed by atoms with E-state index in [1.807, 2.05) is 0 Å². The molecule has 1 aromatic heterocycles. The molecular weight excluding hydrogens is 307 g/mol. The van der Waals surface area contributed by atoms with E-state index in [9.17, 15) is 4.79 Å². The summed E-state index contributed by atoms with van der Waals surface area (Å²) in [6.45, 7) is 0. The molecule has 4 nitrogen and oxygen atoms in total. The molecule has 0 aliphatic carbocycles. The van der Waals surface area contributed by atoms with Crippen LogP contribution in [-0.4, -0.2) is 21.0 Å². The topological polar surface area (TPSA) is 63.1 Å². The third-order valence-electron chi connectivity index (χ3n) is 2.07. The van der Waals surface area contributed by atoms with Gasteiger partial charge in [0.25, 0.3) is 0 Å². The molecule has 2 aromatic rings. The Balaban J connectivity index is 2.50. The predicted octanol–water partition coefficient (Wildman–Crippen LogP) is 3.26. The molecule has 1 heterocycles.